The van der Waals surface area contributed by atoms with Crippen LogP contribution >= 0.6 is 0 Å². The third-order valence-corrected chi connectivity index (χ3v) is 3.62. The van der Waals surface area contributed by atoms with Crippen molar-refractivity contribution in [2.24, 2.45) is 0 Å². The quantitative estimate of drug-likeness (QED) is 0.851. The molecule has 2 N–H and O–H groups in total. The highest BCUT2D eigenvalue weighted by Gasteiger charge is 2.09. The van der Waals surface area contributed by atoms with Gasteiger partial charge in [-0.05, 0) is 24.3 Å². The van der Waals surface area contributed by atoms with Gasteiger partial charge in [0.25, 0.3) is 0 Å². The van der Waals surface area contributed by atoms with E-state index >= 15 is 0 Å². The van der Waals surface area contributed by atoms with E-state index in [0.29, 0.717) is 5.82 Å². The topological polar surface area (TPSA) is 62.3 Å². The van der Waals surface area contributed by atoms with Crippen LogP contribution in [0.1, 0.15) is 0 Å². The number of nitrogens with one attached hydrogen (secondary N) is 2. The predicted octanol–water partition coefficient (Wildman–Crippen LogP) is 2.10. The molecule has 122 valence electrons. The lowest BCUT2D eigenvalue weighted by molar-refractivity contribution is 0.0398. The summed E-state index contributed by atoms with van der Waals surface area (Å²) in [4.78, 5) is 10.7. The number of rotatable bonds is 6. The van der Waals surface area contributed by atoms with Gasteiger partial charge in [-0.15, -0.1) is 0 Å². The van der Waals surface area contributed by atoms with Crippen LogP contribution in [0, 0.1) is 5.82 Å². The molecular weight excluding hydrogens is 297 g/mol. The SMILES string of the molecule is Fc1ccc(Nc2cc(NCCN3CCOCC3)ncn2)cc1. The maximum Gasteiger partial charge on any atom is 0.135 e. The summed E-state index contributed by atoms with van der Waals surface area (Å²) in [6, 6.07) is 7.99. The monoisotopic (exact) mass is 317 g/mol. The van der Waals surface area contributed by atoms with Crippen molar-refractivity contribution in [1.82, 2.24) is 14.9 Å². The molecule has 2 aromatic rings. The average Bonchev–Trinajstić information content (AvgIpc) is 2.58. The van der Waals surface area contributed by atoms with Gasteiger partial charge in [-0.2, -0.15) is 0 Å². The molecule has 3 rings (SSSR count). The fraction of sp³-hybridized carbons (Fsp3) is 0.375. The van der Waals surface area contributed by atoms with Crippen molar-refractivity contribution in [2.75, 3.05) is 50.0 Å². The summed E-state index contributed by atoms with van der Waals surface area (Å²) in [6.45, 7) is 5.32. The second-order valence-corrected chi connectivity index (χ2v) is 5.30. The molecule has 1 aromatic carbocycles. The molecule has 0 amide bonds. The molecule has 6 nitrogen and oxygen atoms in total. The smallest absolute Gasteiger partial charge is 0.135 e. The van der Waals surface area contributed by atoms with Crippen molar-refractivity contribution in [3.63, 3.8) is 0 Å². The molecule has 0 atom stereocenters. The van der Waals surface area contributed by atoms with Crippen molar-refractivity contribution in [3.05, 3.63) is 42.5 Å². The number of aromatic nitrogens is 2. The number of anilines is 3. The molecule has 1 aliphatic rings. The average molecular weight is 317 g/mol. The Bertz CT molecular complexity index is 616. The molecule has 1 saturated heterocycles. The summed E-state index contributed by atoms with van der Waals surface area (Å²) in [6.07, 6.45) is 1.50. The summed E-state index contributed by atoms with van der Waals surface area (Å²) in [5.41, 5.74) is 0.782. The van der Waals surface area contributed by atoms with Crippen molar-refractivity contribution in [1.29, 1.82) is 0 Å². The molecule has 1 aromatic heterocycles. The molecular formula is C16H20FN5O. The lowest BCUT2D eigenvalue weighted by atomic mass is 10.3. The Labute approximate surface area is 134 Å². The zero-order valence-corrected chi connectivity index (χ0v) is 12.8. The second kappa shape index (κ2) is 7.85. The lowest BCUT2D eigenvalue weighted by Gasteiger charge is -2.26. The van der Waals surface area contributed by atoms with Crippen LogP contribution < -0.4 is 10.6 Å². The summed E-state index contributed by atoms with van der Waals surface area (Å²) in [7, 11) is 0. The number of hydrogen-bond donors (Lipinski definition) is 2. The van der Waals surface area contributed by atoms with Crippen molar-refractivity contribution < 1.29 is 9.13 Å². The normalized spacial score (nSPS) is 15.3. The minimum absolute atomic E-state index is 0.260. The first-order chi connectivity index (χ1) is 11.3. The molecule has 1 aliphatic heterocycles. The molecule has 0 radical (unpaired) electrons. The van der Waals surface area contributed by atoms with Gasteiger partial charge < -0.3 is 15.4 Å². The summed E-state index contributed by atoms with van der Waals surface area (Å²) >= 11 is 0. The number of morpholine rings is 1. The Hall–Kier alpha value is -2.25. The zero-order chi connectivity index (χ0) is 15.9. The molecule has 0 unspecified atom stereocenters. The van der Waals surface area contributed by atoms with Crippen LogP contribution in [0.25, 0.3) is 0 Å². The Kier molecular flexibility index (Phi) is 5.33. The van der Waals surface area contributed by atoms with E-state index < -0.39 is 0 Å². The number of hydrogen-bond acceptors (Lipinski definition) is 6. The second-order valence-electron chi connectivity index (χ2n) is 5.30. The van der Waals surface area contributed by atoms with Gasteiger partial charge in [-0.1, -0.05) is 0 Å². The minimum Gasteiger partial charge on any atom is -0.379 e. The van der Waals surface area contributed by atoms with E-state index in [1.165, 1.54) is 18.5 Å². The van der Waals surface area contributed by atoms with Gasteiger partial charge in [0.2, 0.25) is 0 Å². The van der Waals surface area contributed by atoms with Gasteiger partial charge in [0.1, 0.15) is 23.8 Å². The van der Waals surface area contributed by atoms with Gasteiger partial charge in [-0.25, -0.2) is 14.4 Å². The van der Waals surface area contributed by atoms with E-state index in [0.717, 1.165) is 50.9 Å². The van der Waals surface area contributed by atoms with Crippen LogP contribution in [0.4, 0.5) is 21.7 Å². The first kappa shape index (κ1) is 15.6. The first-order valence-electron chi connectivity index (χ1n) is 7.68. The number of ether oxygens (including phenoxy) is 1. The van der Waals surface area contributed by atoms with Gasteiger partial charge >= 0.3 is 0 Å². The number of benzene rings is 1. The van der Waals surface area contributed by atoms with E-state index in [1.54, 1.807) is 12.1 Å². The van der Waals surface area contributed by atoms with Crippen LogP contribution in [0.3, 0.4) is 0 Å². The van der Waals surface area contributed by atoms with E-state index in [4.69, 9.17) is 4.74 Å². The van der Waals surface area contributed by atoms with Crippen LogP contribution in [0.15, 0.2) is 36.7 Å². The largest absolute Gasteiger partial charge is 0.379 e. The lowest BCUT2D eigenvalue weighted by Crippen LogP contribution is -2.39. The molecule has 0 saturated carbocycles. The fourth-order valence-electron chi connectivity index (χ4n) is 2.37. The van der Waals surface area contributed by atoms with Crippen LogP contribution in [-0.2, 0) is 4.74 Å². The third kappa shape index (κ3) is 4.87. The van der Waals surface area contributed by atoms with Crippen LogP contribution in [0.5, 0.6) is 0 Å². The molecule has 0 bridgehead atoms. The molecule has 2 heterocycles. The molecule has 0 spiro atoms. The van der Waals surface area contributed by atoms with Gasteiger partial charge in [0.15, 0.2) is 0 Å². The molecule has 23 heavy (non-hydrogen) atoms. The zero-order valence-electron chi connectivity index (χ0n) is 12.8. The van der Waals surface area contributed by atoms with Gasteiger partial charge in [0.05, 0.1) is 13.2 Å². The van der Waals surface area contributed by atoms with Crippen LogP contribution in [0.2, 0.25) is 0 Å². The summed E-state index contributed by atoms with van der Waals surface area (Å²) in [5, 5.41) is 6.42. The maximum atomic E-state index is 12.9. The Morgan fingerprint density at radius 3 is 2.61 bits per heavy atom. The third-order valence-electron chi connectivity index (χ3n) is 3.62. The number of nitrogens with zero attached hydrogens (tertiary/aromatic N) is 3. The molecule has 1 fully saturated rings. The van der Waals surface area contributed by atoms with Gasteiger partial charge in [-0.3, -0.25) is 4.90 Å². The van der Waals surface area contributed by atoms with Crippen molar-refractivity contribution in [3.8, 4) is 0 Å². The Morgan fingerprint density at radius 2 is 1.83 bits per heavy atom. The first-order valence-corrected chi connectivity index (χ1v) is 7.68. The highest BCUT2D eigenvalue weighted by Crippen LogP contribution is 2.16. The van der Waals surface area contributed by atoms with Crippen LogP contribution in [-0.4, -0.2) is 54.3 Å². The molecule has 7 heteroatoms. The van der Waals surface area contributed by atoms with Crippen molar-refractivity contribution in [2.45, 2.75) is 0 Å². The summed E-state index contributed by atoms with van der Waals surface area (Å²) < 4.78 is 18.2. The minimum atomic E-state index is -0.260. The Balaban J connectivity index is 1.51. The standard InChI is InChI=1S/C16H20FN5O/c17-13-1-3-14(4-2-13)21-16-11-15(19-12-20-16)18-5-6-22-7-9-23-10-8-22/h1-4,11-12H,5-10H2,(H2,18,19,20,21). The van der Waals surface area contributed by atoms with E-state index in [1.807, 2.05) is 6.07 Å². The Morgan fingerprint density at radius 1 is 1.09 bits per heavy atom. The predicted molar refractivity (Wildman–Crippen MR) is 87.5 cm³/mol. The highest BCUT2D eigenvalue weighted by molar-refractivity contribution is 5.58. The van der Waals surface area contributed by atoms with E-state index in [2.05, 4.69) is 25.5 Å². The van der Waals surface area contributed by atoms with Crippen molar-refractivity contribution >= 4 is 17.3 Å². The molecule has 0 aliphatic carbocycles. The summed E-state index contributed by atoms with van der Waals surface area (Å²) in [5.74, 6) is 1.17. The highest BCUT2D eigenvalue weighted by atomic mass is 19.1. The number of halogens is 1. The van der Waals surface area contributed by atoms with Gasteiger partial charge in [0, 0.05) is 37.9 Å². The van der Waals surface area contributed by atoms with E-state index in [-0.39, 0.29) is 5.82 Å². The fourth-order valence-corrected chi connectivity index (χ4v) is 2.37. The van der Waals surface area contributed by atoms with E-state index in [9.17, 15) is 4.39 Å². The maximum absolute atomic E-state index is 12.9.